The van der Waals surface area contributed by atoms with Gasteiger partial charge in [-0.15, -0.1) is 0 Å². The van der Waals surface area contributed by atoms with Crippen LogP contribution in [0.4, 0.5) is 0 Å². The molecular weight excluding hydrogens is 364 g/mol. The molecule has 0 heterocycles. The van der Waals surface area contributed by atoms with Gasteiger partial charge >= 0.3 is 0 Å². The van der Waals surface area contributed by atoms with Crippen molar-refractivity contribution in [3.05, 3.63) is 53.6 Å². The molecule has 4 aliphatic rings. The van der Waals surface area contributed by atoms with Gasteiger partial charge in [0.1, 0.15) is 11.9 Å². The van der Waals surface area contributed by atoms with E-state index in [1.54, 1.807) is 11.1 Å². The fourth-order valence-corrected chi connectivity index (χ4v) is 8.37. The monoisotopic (exact) mass is 404 g/mol. The van der Waals surface area contributed by atoms with Crippen molar-refractivity contribution < 1.29 is 4.74 Å². The van der Waals surface area contributed by atoms with E-state index in [0.29, 0.717) is 16.9 Å². The van der Waals surface area contributed by atoms with Gasteiger partial charge in [-0.2, -0.15) is 0 Å². The number of fused-ring (bicyclic) bond motifs is 5. The third-order valence-corrected chi connectivity index (χ3v) is 10.1. The van der Waals surface area contributed by atoms with E-state index in [2.05, 4.69) is 70.2 Å². The minimum Gasteiger partial charge on any atom is -0.490 e. The highest BCUT2D eigenvalue weighted by Crippen LogP contribution is 2.67. The average Bonchev–Trinajstić information content (AvgIpc) is 3.11. The number of rotatable bonds is 3. The minimum atomic E-state index is 0.352. The third kappa shape index (κ3) is 3.10. The molecule has 162 valence electrons. The zero-order valence-corrected chi connectivity index (χ0v) is 19.5. The standard InChI is InChI=1S/C29H40O/c1-5-20(2)25-13-14-26-24-12-11-21-19-23(30-22-9-7-6-8-10-22)15-17-28(21,3)27(24)16-18-29(25,26)4/h5-11,23-27H,12-19H2,1-4H3/b20-5-/t23?,24-,25+,26-,27-,28-,29+/m0/s1. The Kier molecular flexibility index (Phi) is 5.15. The Balaban J connectivity index is 1.36. The number of benzene rings is 1. The Morgan fingerprint density at radius 2 is 1.80 bits per heavy atom. The zero-order valence-electron chi connectivity index (χ0n) is 19.5. The van der Waals surface area contributed by atoms with Crippen LogP contribution in [0, 0.1) is 34.5 Å². The molecule has 1 unspecified atom stereocenters. The summed E-state index contributed by atoms with van der Waals surface area (Å²) in [5.41, 5.74) is 4.32. The van der Waals surface area contributed by atoms with Crippen molar-refractivity contribution in [2.24, 2.45) is 34.5 Å². The lowest BCUT2D eigenvalue weighted by atomic mass is 9.47. The Morgan fingerprint density at radius 3 is 2.57 bits per heavy atom. The van der Waals surface area contributed by atoms with Gasteiger partial charge in [-0.05, 0) is 105 Å². The molecule has 0 saturated heterocycles. The van der Waals surface area contributed by atoms with Crippen molar-refractivity contribution >= 4 is 0 Å². The first-order chi connectivity index (χ1) is 14.5. The highest BCUT2D eigenvalue weighted by molar-refractivity contribution is 5.28. The SMILES string of the molecule is C/C=C(/C)[C@H]1CC[C@H]2[C@@H]3CC=C4CC(Oc5ccccc5)CC[C@]4(C)[C@H]3CC[C@]12C. The molecule has 1 aromatic rings. The maximum atomic E-state index is 6.38. The first kappa shape index (κ1) is 20.4. The molecule has 3 saturated carbocycles. The molecule has 0 bridgehead atoms. The molecule has 0 amide bonds. The summed E-state index contributed by atoms with van der Waals surface area (Å²) in [6.07, 6.45) is 16.1. The van der Waals surface area contributed by atoms with E-state index in [4.69, 9.17) is 4.74 Å². The topological polar surface area (TPSA) is 9.23 Å². The van der Waals surface area contributed by atoms with Crippen LogP contribution in [0.5, 0.6) is 5.75 Å². The van der Waals surface area contributed by atoms with Gasteiger partial charge in [0.05, 0.1) is 0 Å². The molecule has 3 fully saturated rings. The second-order valence-corrected chi connectivity index (χ2v) is 11.3. The van der Waals surface area contributed by atoms with Crippen LogP contribution in [0.15, 0.2) is 53.6 Å². The first-order valence-corrected chi connectivity index (χ1v) is 12.5. The fraction of sp³-hybridized carbons (Fsp3) is 0.655. The molecule has 1 aromatic carbocycles. The van der Waals surface area contributed by atoms with E-state index in [1.807, 2.05) is 0 Å². The van der Waals surface area contributed by atoms with E-state index < -0.39 is 0 Å². The second kappa shape index (κ2) is 7.57. The summed E-state index contributed by atoms with van der Waals surface area (Å²) in [6, 6.07) is 10.4. The predicted octanol–water partition coefficient (Wildman–Crippen LogP) is 7.98. The molecule has 4 aliphatic carbocycles. The Labute approximate surface area is 184 Å². The number of hydrogen-bond donors (Lipinski definition) is 0. The second-order valence-electron chi connectivity index (χ2n) is 11.3. The van der Waals surface area contributed by atoms with Gasteiger partial charge in [0.15, 0.2) is 0 Å². The zero-order chi connectivity index (χ0) is 20.9. The lowest BCUT2D eigenvalue weighted by Gasteiger charge is -2.58. The highest BCUT2D eigenvalue weighted by Gasteiger charge is 2.58. The van der Waals surface area contributed by atoms with Crippen molar-refractivity contribution in [2.75, 3.05) is 0 Å². The molecule has 0 aliphatic heterocycles. The largest absolute Gasteiger partial charge is 0.490 e. The van der Waals surface area contributed by atoms with Crippen LogP contribution in [-0.2, 0) is 0 Å². The van der Waals surface area contributed by atoms with E-state index in [-0.39, 0.29) is 0 Å². The molecule has 1 heteroatoms. The summed E-state index contributed by atoms with van der Waals surface area (Å²) in [7, 11) is 0. The Hall–Kier alpha value is -1.50. The van der Waals surface area contributed by atoms with E-state index >= 15 is 0 Å². The van der Waals surface area contributed by atoms with Gasteiger partial charge in [0.2, 0.25) is 0 Å². The summed E-state index contributed by atoms with van der Waals surface area (Å²) in [4.78, 5) is 0. The predicted molar refractivity (Wildman–Crippen MR) is 125 cm³/mol. The van der Waals surface area contributed by atoms with Crippen LogP contribution in [0.1, 0.15) is 79.1 Å². The normalized spacial score (nSPS) is 43.3. The summed E-state index contributed by atoms with van der Waals surface area (Å²) >= 11 is 0. The number of allylic oxidation sites excluding steroid dienone is 3. The summed E-state index contributed by atoms with van der Waals surface area (Å²) in [5, 5.41) is 0. The molecule has 0 spiro atoms. The lowest BCUT2D eigenvalue weighted by Crippen LogP contribution is -2.50. The third-order valence-electron chi connectivity index (χ3n) is 10.1. The molecule has 0 aromatic heterocycles. The first-order valence-electron chi connectivity index (χ1n) is 12.5. The van der Waals surface area contributed by atoms with Crippen molar-refractivity contribution in [1.82, 2.24) is 0 Å². The molecule has 7 atom stereocenters. The van der Waals surface area contributed by atoms with Gasteiger partial charge in [-0.25, -0.2) is 0 Å². The van der Waals surface area contributed by atoms with Crippen molar-refractivity contribution in [2.45, 2.75) is 85.2 Å². The van der Waals surface area contributed by atoms with Gasteiger partial charge < -0.3 is 4.74 Å². The van der Waals surface area contributed by atoms with Crippen LogP contribution >= 0.6 is 0 Å². The van der Waals surface area contributed by atoms with Crippen LogP contribution in [0.3, 0.4) is 0 Å². The maximum Gasteiger partial charge on any atom is 0.119 e. The van der Waals surface area contributed by atoms with Crippen molar-refractivity contribution in [1.29, 1.82) is 0 Å². The Morgan fingerprint density at radius 1 is 1.00 bits per heavy atom. The summed E-state index contributed by atoms with van der Waals surface area (Å²) < 4.78 is 6.38. The van der Waals surface area contributed by atoms with E-state index in [1.165, 1.54) is 44.9 Å². The van der Waals surface area contributed by atoms with Gasteiger partial charge in [-0.3, -0.25) is 0 Å². The number of hydrogen-bond acceptors (Lipinski definition) is 1. The van der Waals surface area contributed by atoms with Crippen molar-refractivity contribution in [3.8, 4) is 5.75 Å². The smallest absolute Gasteiger partial charge is 0.119 e. The van der Waals surface area contributed by atoms with E-state index in [9.17, 15) is 0 Å². The van der Waals surface area contributed by atoms with Gasteiger partial charge in [-0.1, -0.05) is 55.3 Å². The average molecular weight is 405 g/mol. The summed E-state index contributed by atoms with van der Waals surface area (Å²) in [5.74, 6) is 4.56. The Bertz CT molecular complexity index is 835. The molecule has 1 nitrogen and oxygen atoms in total. The molecule has 0 N–H and O–H groups in total. The van der Waals surface area contributed by atoms with Crippen molar-refractivity contribution in [3.63, 3.8) is 0 Å². The highest BCUT2D eigenvalue weighted by atomic mass is 16.5. The number of ether oxygens (including phenoxy) is 1. The van der Waals surface area contributed by atoms with E-state index in [0.717, 1.165) is 35.8 Å². The number of para-hydroxylation sites is 1. The minimum absolute atomic E-state index is 0.352. The molecular formula is C29H40O. The maximum absolute atomic E-state index is 6.38. The van der Waals surface area contributed by atoms with Gasteiger partial charge in [0, 0.05) is 6.42 Å². The quantitative estimate of drug-likeness (QED) is 0.464. The van der Waals surface area contributed by atoms with Gasteiger partial charge in [0.25, 0.3) is 0 Å². The van der Waals surface area contributed by atoms with Crippen LogP contribution in [0.2, 0.25) is 0 Å². The van der Waals surface area contributed by atoms with Crippen LogP contribution in [0.25, 0.3) is 0 Å². The fourth-order valence-electron chi connectivity index (χ4n) is 8.37. The summed E-state index contributed by atoms with van der Waals surface area (Å²) in [6.45, 7) is 9.88. The lowest BCUT2D eigenvalue weighted by molar-refractivity contribution is -0.0436. The molecule has 0 radical (unpaired) electrons. The molecule has 5 rings (SSSR count). The van der Waals surface area contributed by atoms with Crippen LogP contribution in [-0.4, -0.2) is 6.10 Å². The van der Waals surface area contributed by atoms with Crippen LogP contribution < -0.4 is 4.74 Å². The molecule has 30 heavy (non-hydrogen) atoms.